The van der Waals surface area contributed by atoms with Gasteiger partial charge < -0.3 is 14.8 Å². The van der Waals surface area contributed by atoms with E-state index in [4.69, 9.17) is 9.47 Å². The Labute approximate surface area is 172 Å². The molecule has 0 atom stereocenters. The zero-order valence-corrected chi connectivity index (χ0v) is 17.3. The van der Waals surface area contributed by atoms with Crippen molar-refractivity contribution in [3.8, 4) is 5.75 Å². The van der Waals surface area contributed by atoms with Gasteiger partial charge in [0, 0.05) is 17.3 Å². The van der Waals surface area contributed by atoms with Crippen molar-refractivity contribution in [3.63, 3.8) is 0 Å². The predicted molar refractivity (Wildman–Crippen MR) is 111 cm³/mol. The molecule has 0 aliphatic carbocycles. The van der Waals surface area contributed by atoms with E-state index in [2.05, 4.69) is 21.2 Å². The van der Waals surface area contributed by atoms with Crippen LogP contribution in [-0.4, -0.2) is 43.6 Å². The molecular formula is C21H21BrN2O4. The quantitative estimate of drug-likeness (QED) is 0.628. The second kappa shape index (κ2) is 9.03. The Morgan fingerprint density at radius 3 is 2.46 bits per heavy atom. The first-order valence-corrected chi connectivity index (χ1v) is 9.69. The Balaban J connectivity index is 2.00. The van der Waals surface area contributed by atoms with Crippen LogP contribution < -0.4 is 10.1 Å². The summed E-state index contributed by atoms with van der Waals surface area (Å²) in [5.41, 5.74) is 1.95. The summed E-state index contributed by atoms with van der Waals surface area (Å²) in [5, 5.41) is 3.12. The molecule has 7 heteroatoms. The molecule has 0 saturated carbocycles. The van der Waals surface area contributed by atoms with Gasteiger partial charge in [0.05, 0.1) is 25.3 Å². The van der Waals surface area contributed by atoms with E-state index in [-0.39, 0.29) is 30.7 Å². The molecule has 0 bridgehead atoms. The molecule has 0 radical (unpaired) electrons. The number of imide groups is 1. The molecule has 1 N–H and O–H groups in total. The number of rotatable bonds is 8. The summed E-state index contributed by atoms with van der Waals surface area (Å²) >= 11 is 3.42. The largest absolute Gasteiger partial charge is 0.494 e. The van der Waals surface area contributed by atoms with E-state index in [9.17, 15) is 9.59 Å². The van der Waals surface area contributed by atoms with E-state index in [1.165, 1.54) is 12.0 Å². The molecule has 1 heterocycles. The van der Waals surface area contributed by atoms with Crippen LogP contribution in [0, 0.1) is 0 Å². The molecule has 28 heavy (non-hydrogen) atoms. The van der Waals surface area contributed by atoms with E-state index >= 15 is 0 Å². The lowest BCUT2D eigenvalue weighted by Gasteiger charge is -2.14. The van der Waals surface area contributed by atoms with Gasteiger partial charge in [-0.05, 0) is 42.8 Å². The number of nitrogens with one attached hydrogen (secondary N) is 1. The molecule has 3 rings (SSSR count). The molecule has 2 aromatic carbocycles. The number of anilines is 1. The van der Waals surface area contributed by atoms with Gasteiger partial charge in [-0.15, -0.1) is 0 Å². The van der Waals surface area contributed by atoms with Crippen LogP contribution in [0.3, 0.4) is 0 Å². The highest BCUT2D eigenvalue weighted by Gasteiger charge is 2.38. The minimum atomic E-state index is -0.370. The molecule has 0 saturated heterocycles. The predicted octanol–water partition coefficient (Wildman–Crippen LogP) is 3.69. The maximum absolute atomic E-state index is 13.0. The van der Waals surface area contributed by atoms with Gasteiger partial charge in [-0.1, -0.05) is 34.1 Å². The maximum Gasteiger partial charge on any atom is 0.278 e. The molecule has 2 amide bonds. The van der Waals surface area contributed by atoms with Crippen molar-refractivity contribution < 1.29 is 19.1 Å². The van der Waals surface area contributed by atoms with E-state index in [0.29, 0.717) is 29.2 Å². The van der Waals surface area contributed by atoms with Gasteiger partial charge in [-0.25, -0.2) is 0 Å². The number of carbonyl (C=O) groups is 2. The molecule has 0 spiro atoms. The highest BCUT2D eigenvalue weighted by atomic mass is 79.9. The summed E-state index contributed by atoms with van der Waals surface area (Å²) < 4.78 is 11.4. The summed E-state index contributed by atoms with van der Waals surface area (Å²) in [7, 11) is 1.53. The van der Waals surface area contributed by atoms with Gasteiger partial charge in [-0.3, -0.25) is 14.5 Å². The molecule has 6 nitrogen and oxygen atoms in total. The third-order valence-corrected chi connectivity index (χ3v) is 4.73. The van der Waals surface area contributed by atoms with Gasteiger partial charge in [0.15, 0.2) is 0 Å². The van der Waals surface area contributed by atoms with Crippen LogP contribution in [0.5, 0.6) is 5.75 Å². The molecule has 0 aromatic heterocycles. The summed E-state index contributed by atoms with van der Waals surface area (Å²) in [5.74, 6) is -0.00372. The van der Waals surface area contributed by atoms with Gasteiger partial charge in [0.2, 0.25) is 0 Å². The molecule has 1 aliphatic heterocycles. The average molecular weight is 445 g/mol. The number of carbonyl (C=O) groups excluding carboxylic acids is 2. The maximum atomic E-state index is 13.0. The van der Waals surface area contributed by atoms with Crippen LogP contribution in [0.15, 0.2) is 58.7 Å². The second-order valence-electron chi connectivity index (χ2n) is 6.10. The third kappa shape index (κ3) is 4.26. The molecule has 146 valence electrons. The molecule has 1 aliphatic rings. The first kappa shape index (κ1) is 20.1. The zero-order chi connectivity index (χ0) is 20.1. The standard InChI is InChI=1S/C21H21BrN2O4/c1-3-28-17-9-7-14(8-10-17)18-19(23-16-6-4-5-15(22)13-16)21(26)24(20(18)25)11-12-27-2/h4-10,13,23H,3,11-12H2,1-2H3. The number of methoxy groups -OCH3 is 1. The lowest BCUT2D eigenvalue weighted by molar-refractivity contribution is -0.137. The second-order valence-corrected chi connectivity index (χ2v) is 7.01. The Kier molecular flexibility index (Phi) is 6.49. The first-order chi connectivity index (χ1) is 13.5. The first-order valence-electron chi connectivity index (χ1n) is 8.90. The van der Waals surface area contributed by atoms with E-state index in [0.717, 1.165) is 4.47 Å². The number of hydrogen-bond acceptors (Lipinski definition) is 5. The van der Waals surface area contributed by atoms with Crippen molar-refractivity contribution in [3.05, 3.63) is 64.3 Å². The normalized spacial score (nSPS) is 14.0. The fraction of sp³-hybridized carbons (Fsp3) is 0.238. The smallest absolute Gasteiger partial charge is 0.278 e. The van der Waals surface area contributed by atoms with E-state index < -0.39 is 0 Å². The Hall–Kier alpha value is -2.64. The SMILES string of the molecule is CCOc1ccc(C2=C(Nc3cccc(Br)c3)C(=O)N(CCOC)C2=O)cc1. The molecule has 2 aromatic rings. The van der Waals surface area contributed by atoms with E-state index in [1.807, 2.05) is 31.2 Å². The summed E-state index contributed by atoms with van der Waals surface area (Å²) in [6.45, 7) is 2.93. The van der Waals surface area contributed by atoms with Crippen molar-refractivity contribution in [1.29, 1.82) is 0 Å². The Bertz CT molecular complexity index is 909. The lowest BCUT2D eigenvalue weighted by atomic mass is 10.0. The van der Waals surface area contributed by atoms with Crippen LogP contribution in [0.4, 0.5) is 5.69 Å². The van der Waals surface area contributed by atoms with Gasteiger partial charge in [-0.2, -0.15) is 0 Å². The number of hydrogen-bond donors (Lipinski definition) is 1. The van der Waals surface area contributed by atoms with Crippen molar-refractivity contribution in [2.24, 2.45) is 0 Å². The fourth-order valence-corrected chi connectivity index (χ4v) is 3.34. The average Bonchev–Trinajstić information content (AvgIpc) is 2.91. The van der Waals surface area contributed by atoms with Crippen LogP contribution in [0.25, 0.3) is 5.57 Å². The monoisotopic (exact) mass is 444 g/mol. The Morgan fingerprint density at radius 1 is 1.07 bits per heavy atom. The highest BCUT2D eigenvalue weighted by Crippen LogP contribution is 2.31. The minimum absolute atomic E-state index is 0.193. The van der Waals surface area contributed by atoms with E-state index in [1.54, 1.807) is 24.3 Å². The van der Waals surface area contributed by atoms with Crippen molar-refractivity contribution in [1.82, 2.24) is 4.90 Å². The van der Waals surface area contributed by atoms with Gasteiger partial charge in [0.25, 0.3) is 11.8 Å². The number of amides is 2. The zero-order valence-electron chi connectivity index (χ0n) is 15.7. The van der Waals surface area contributed by atoms with Crippen molar-refractivity contribution >= 4 is 39.0 Å². The Morgan fingerprint density at radius 2 is 1.82 bits per heavy atom. The summed E-state index contributed by atoms with van der Waals surface area (Å²) in [6.07, 6.45) is 0. The summed E-state index contributed by atoms with van der Waals surface area (Å²) in [4.78, 5) is 27.2. The topological polar surface area (TPSA) is 67.9 Å². The van der Waals surface area contributed by atoms with Crippen LogP contribution >= 0.6 is 15.9 Å². The summed E-state index contributed by atoms with van der Waals surface area (Å²) in [6, 6.07) is 14.6. The third-order valence-electron chi connectivity index (χ3n) is 4.24. The number of nitrogens with zero attached hydrogens (tertiary/aromatic N) is 1. The van der Waals surface area contributed by atoms with Gasteiger partial charge in [0.1, 0.15) is 11.4 Å². The highest BCUT2D eigenvalue weighted by molar-refractivity contribution is 9.10. The van der Waals surface area contributed by atoms with Gasteiger partial charge >= 0.3 is 0 Å². The van der Waals surface area contributed by atoms with Crippen LogP contribution in [0.2, 0.25) is 0 Å². The number of benzene rings is 2. The van der Waals surface area contributed by atoms with Crippen molar-refractivity contribution in [2.45, 2.75) is 6.92 Å². The van der Waals surface area contributed by atoms with Crippen molar-refractivity contribution in [2.75, 3.05) is 32.2 Å². The molecule has 0 fully saturated rings. The molecular weight excluding hydrogens is 424 g/mol. The van der Waals surface area contributed by atoms with Crippen LogP contribution in [-0.2, 0) is 14.3 Å². The fourth-order valence-electron chi connectivity index (χ4n) is 2.94. The number of halogens is 1. The lowest BCUT2D eigenvalue weighted by Crippen LogP contribution is -2.35. The minimum Gasteiger partial charge on any atom is -0.494 e. The van der Waals surface area contributed by atoms with Crippen LogP contribution in [0.1, 0.15) is 12.5 Å². The number of ether oxygens (including phenoxy) is 2. The molecule has 0 unspecified atom stereocenters.